The van der Waals surface area contributed by atoms with Gasteiger partial charge in [0.15, 0.2) is 9.84 Å². The molecular weight excluding hydrogens is 288 g/mol. The van der Waals surface area contributed by atoms with E-state index in [-0.39, 0.29) is 0 Å². The van der Waals surface area contributed by atoms with Crippen molar-refractivity contribution in [3.05, 3.63) is 24.3 Å². The van der Waals surface area contributed by atoms with Crippen molar-refractivity contribution in [1.29, 1.82) is 0 Å². The fraction of sp³-hybridized carbons (Fsp3) is 0.600. The van der Waals surface area contributed by atoms with Crippen molar-refractivity contribution < 1.29 is 13.2 Å². The van der Waals surface area contributed by atoms with Crippen LogP contribution in [0.2, 0.25) is 0 Å². The molecule has 1 aromatic carbocycles. The number of benzene rings is 1. The molecule has 1 N–H and O–H groups in total. The molecule has 0 aliphatic rings. The maximum Gasteiger partial charge on any atom is 0.175 e. The molecule has 21 heavy (non-hydrogen) atoms. The second-order valence-electron chi connectivity index (χ2n) is 4.87. The third-order valence-corrected chi connectivity index (χ3v) is 4.43. The Morgan fingerprint density at radius 2 is 1.71 bits per heavy atom. The highest BCUT2D eigenvalue weighted by atomic mass is 32.2. The Morgan fingerprint density at radius 1 is 1.10 bits per heavy atom. The van der Waals surface area contributed by atoms with Crippen LogP contribution in [0.5, 0.6) is 5.75 Å². The highest BCUT2D eigenvalue weighted by Crippen LogP contribution is 2.15. The fourth-order valence-electron chi connectivity index (χ4n) is 1.93. The van der Waals surface area contributed by atoms with Crippen LogP contribution in [0, 0.1) is 0 Å². The lowest BCUT2D eigenvalue weighted by Crippen LogP contribution is -2.33. The number of rotatable bonds is 10. The van der Waals surface area contributed by atoms with Crippen LogP contribution in [0.25, 0.3) is 0 Å². The van der Waals surface area contributed by atoms with E-state index in [1.807, 2.05) is 0 Å². The molecule has 0 heterocycles. The first kappa shape index (κ1) is 17.9. The van der Waals surface area contributed by atoms with Gasteiger partial charge in [0.1, 0.15) is 12.4 Å². The molecule has 0 saturated carbocycles. The number of hydrogen-bond acceptors (Lipinski definition) is 5. The molecule has 0 spiro atoms. The van der Waals surface area contributed by atoms with Crippen molar-refractivity contribution in [1.82, 2.24) is 10.2 Å². The van der Waals surface area contributed by atoms with Crippen LogP contribution in [-0.2, 0) is 9.84 Å². The number of nitrogens with one attached hydrogen (secondary N) is 1. The lowest BCUT2D eigenvalue weighted by atomic mass is 10.3. The third kappa shape index (κ3) is 6.93. The first-order valence-electron chi connectivity index (χ1n) is 7.33. The SMILES string of the molecule is CCN(CC)CCNCCOc1ccc(S(C)(=O)=O)cc1. The zero-order valence-corrected chi connectivity index (χ0v) is 13.9. The van der Waals surface area contributed by atoms with E-state index in [0.717, 1.165) is 32.7 Å². The molecule has 0 radical (unpaired) electrons. The Labute approximate surface area is 128 Å². The molecule has 120 valence electrons. The maximum atomic E-state index is 11.3. The molecule has 0 aliphatic heterocycles. The molecule has 6 heteroatoms. The molecule has 5 nitrogen and oxygen atoms in total. The number of sulfone groups is 1. The molecule has 1 aromatic rings. The fourth-order valence-corrected chi connectivity index (χ4v) is 2.56. The highest BCUT2D eigenvalue weighted by molar-refractivity contribution is 7.90. The van der Waals surface area contributed by atoms with Crippen molar-refractivity contribution in [2.75, 3.05) is 45.6 Å². The summed E-state index contributed by atoms with van der Waals surface area (Å²) < 4.78 is 28.2. The van der Waals surface area contributed by atoms with Gasteiger partial charge in [0, 0.05) is 25.9 Å². The van der Waals surface area contributed by atoms with Crippen molar-refractivity contribution in [3.8, 4) is 5.75 Å². The van der Waals surface area contributed by atoms with Crippen LogP contribution in [0.15, 0.2) is 29.2 Å². The molecule has 0 atom stereocenters. The Kier molecular flexibility index (Phi) is 7.71. The summed E-state index contributed by atoms with van der Waals surface area (Å²) in [6.07, 6.45) is 1.20. The summed E-state index contributed by atoms with van der Waals surface area (Å²) in [5.41, 5.74) is 0. The number of hydrogen-bond donors (Lipinski definition) is 1. The minimum absolute atomic E-state index is 0.312. The van der Waals surface area contributed by atoms with Crippen molar-refractivity contribution in [2.24, 2.45) is 0 Å². The second-order valence-corrected chi connectivity index (χ2v) is 6.88. The number of likely N-dealkylation sites (N-methyl/N-ethyl adjacent to an activating group) is 1. The zero-order valence-electron chi connectivity index (χ0n) is 13.1. The molecule has 0 aliphatic carbocycles. The summed E-state index contributed by atoms with van der Waals surface area (Å²) in [4.78, 5) is 2.67. The predicted octanol–water partition coefficient (Wildman–Crippen LogP) is 1.40. The average molecular weight is 314 g/mol. The summed E-state index contributed by atoms with van der Waals surface area (Å²) in [5, 5.41) is 3.33. The van der Waals surface area contributed by atoms with Gasteiger partial charge in [0.05, 0.1) is 4.90 Å². The first-order chi connectivity index (χ1) is 9.97. The van der Waals surface area contributed by atoms with Crippen LogP contribution in [0.1, 0.15) is 13.8 Å². The monoisotopic (exact) mass is 314 g/mol. The summed E-state index contributed by atoms with van der Waals surface area (Å²) in [6.45, 7) is 9.78. The van der Waals surface area contributed by atoms with Gasteiger partial charge in [-0.05, 0) is 37.4 Å². The topological polar surface area (TPSA) is 58.6 Å². The lowest BCUT2D eigenvalue weighted by Gasteiger charge is -2.18. The van der Waals surface area contributed by atoms with Gasteiger partial charge in [-0.1, -0.05) is 13.8 Å². The van der Waals surface area contributed by atoms with Gasteiger partial charge in [-0.25, -0.2) is 8.42 Å². The Morgan fingerprint density at radius 3 is 2.24 bits per heavy atom. The lowest BCUT2D eigenvalue weighted by molar-refractivity contribution is 0.285. The largest absolute Gasteiger partial charge is 0.492 e. The normalized spacial score (nSPS) is 11.8. The third-order valence-electron chi connectivity index (χ3n) is 3.30. The van der Waals surface area contributed by atoms with Crippen molar-refractivity contribution >= 4 is 9.84 Å². The van der Waals surface area contributed by atoms with Crippen LogP contribution in [-0.4, -0.2) is 58.9 Å². The first-order valence-corrected chi connectivity index (χ1v) is 9.22. The van der Waals surface area contributed by atoms with E-state index in [4.69, 9.17) is 4.74 Å². The Hall–Kier alpha value is -1.11. The zero-order chi connectivity index (χ0) is 15.7. The van der Waals surface area contributed by atoms with Gasteiger partial charge >= 0.3 is 0 Å². The highest BCUT2D eigenvalue weighted by Gasteiger charge is 2.06. The summed E-state index contributed by atoms with van der Waals surface area (Å²) in [6, 6.07) is 6.51. The van der Waals surface area contributed by atoms with E-state index in [1.165, 1.54) is 6.26 Å². The van der Waals surface area contributed by atoms with Gasteiger partial charge in [0.2, 0.25) is 0 Å². The molecular formula is C15H26N2O3S. The van der Waals surface area contributed by atoms with Gasteiger partial charge in [-0.15, -0.1) is 0 Å². The summed E-state index contributed by atoms with van der Waals surface area (Å²) >= 11 is 0. The van der Waals surface area contributed by atoms with Crippen LogP contribution < -0.4 is 10.1 Å². The van der Waals surface area contributed by atoms with E-state index < -0.39 is 9.84 Å². The van der Waals surface area contributed by atoms with Crippen LogP contribution in [0.4, 0.5) is 0 Å². The van der Waals surface area contributed by atoms with E-state index in [2.05, 4.69) is 24.1 Å². The second kappa shape index (κ2) is 9.02. The molecule has 0 bridgehead atoms. The van der Waals surface area contributed by atoms with Crippen LogP contribution in [0.3, 0.4) is 0 Å². The maximum absolute atomic E-state index is 11.3. The molecule has 0 aromatic heterocycles. The summed E-state index contributed by atoms with van der Waals surface area (Å²) in [7, 11) is -3.14. The molecule has 0 saturated heterocycles. The quantitative estimate of drug-likeness (QED) is 0.662. The van der Waals surface area contributed by atoms with Gasteiger partial charge < -0.3 is 15.0 Å². The minimum Gasteiger partial charge on any atom is -0.492 e. The Bertz CT molecular complexity index is 496. The minimum atomic E-state index is -3.14. The van der Waals surface area contributed by atoms with E-state index in [1.54, 1.807) is 24.3 Å². The van der Waals surface area contributed by atoms with Gasteiger partial charge in [-0.2, -0.15) is 0 Å². The van der Waals surface area contributed by atoms with E-state index >= 15 is 0 Å². The smallest absolute Gasteiger partial charge is 0.175 e. The molecule has 0 amide bonds. The predicted molar refractivity (Wildman–Crippen MR) is 85.7 cm³/mol. The molecule has 1 rings (SSSR count). The van der Waals surface area contributed by atoms with Crippen molar-refractivity contribution in [3.63, 3.8) is 0 Å². The number of nitrogens with zero attached hydrogens (tertiary/aromatic N) is 1. The van der Waals surface area contributed by atoms with Crippen molar-refractivity contribution in [2.45, 2.75) is 18.7 Å². The van der Waals surface area contributed by atoms with E-state index in [0.29, 0.717) is 17.3 Å². The Balaban J connectivity index is 2.21. The molecule has 0 unspecified atom stereocenters. The van der Waals surface area contributed by atoms with Gasteiger partial charge in [-0.3, -0.25) is 0 Å². The van der Waals surface area contributed by atoms with E-state index in [9.17, 15) is 8.42 Å². The number of ether oxygens (including phenoxy) is 1. The average Bonchev–Trinajstić information content (AvgIpc) is 2.46. The van der Waals surface area contributed by atoms with Gasteiger partial charge in [0.25, 0.3) is 0 Å². The molecule has 0 fully saturated rings. The summed E-state index contributed by atoms with van der Waals surface area (Å²) in [5.74, 6) is 0.688. The van der Waals surface area contributed by atoms with Crippen LogP contribution >= 0.6 is 0 Å². The standard InChI is InChI=1S/C15H26N2O3S/c1-4-17(5-2)12-10-16-11-13-20-14-6-8-15(9-7-14)21(3,18)19/h6-9,16H,4-5,10-13H2,1-3H3.